The zero-order chi connectivity index (χ0) is 13.5. The summed E-state index contributed by atoms with van der Waals surface area (Å²) in [4.78, 5) is 5.23. The number of aliphatic hydroxyl groups is 1. The molecule has 0 fully saturated rings. The van der Waals surface area contributed by atoms with Crippen molar-refractivity contribution in [3.05, 3.63) is 41.8 Å². The van der Waals surface area contributed by atoms with Crippen molar-refractivity contribution < 1.29 is 14.0 Å². The van der Waals surface area contributed by atoms with Crippen molar-refractivity contribution in [2.45, 2.75) is 29.9 Å². The molecule has 6 heteroatoms. The number of nitrogens with zero attached hydrogens (tertiary/aromatic N) is 2. The average Bonchev–Trinajstić information content (AvgIpc) is 2.86. The number of rotatable bonds is 7. The first-order valence-corrected chi connectivity index (χ1v) is 7.07. The Kier molecular flexibility index (Phi) is 5.35. The van der Waals surface area contributed by atoms with Crippen LogP contribution in [0.2, 0.25) is 0 Å². The summed E-state index contributed by atoms with van der Waals surface area (Å²) in [6.45, 7) is 0.182. The fourth-order valence-corrected chi connectivity index (χ4v) is 2.26. The van der Waals surface area contributed by atoms with Crippen LogP contribution < -0.4 is 0 Å². The van der Waals surface area contributed by atoms with Gasteiger partial charge in [-0.3, -0.25) is 0 Å². The Labute approximate surface area is 115 Å². The second-order valence-electron chi connectivity index (χ2n) is 4.03. The zero-order valence-electron chi connectivity index (χ0n) is 10.4. The third-order valence-corrected chi connectivity index (χ3v) is 3.50. The lowest BCUT2D eigenvalue weighted by molar-refractivity contribution is 0.280. The number of aliphatic hydroxyl groups excluding tert-OH is 1. The maximum Gasteiger partial charge on any atom is 0.226 e. The van der Waals surface area contributed by atoms with Gasteiger partial charge in [0.15, 0.2) is 5.82 Å². The molecule has 1 aromatic heterocycles. The predicted octanol–water partition coefficient (Wildman–Crippen LogP) is 2.82. The van der Waals surface area contributed by atoms with E-state index in [1.54, 1.807) is 12.1 Å². The Morgan fingerprint density at radius 1 is 1.21 bits per heavy atom. The van der Waals surface area contributed by atoms with Crippen LogP contribution in [-0.2, 0) is 12.2 Å². The lowest BCUT2D eigenvalue weighted by atomic mass is 10.2. The van der Waals surface area contributed by atoms with E-state index in [1.165, 1.54) is 23.9 Å². The molecular weight excluding hydrogens is 267 g/mol. The van der Waals surface area contributed by atoms with Gasteiger partial charge in [0.25, 0.3) is 0 Å². The monoisotopic (exact) mass is 282 g/mol. The van der Waals surface area contributed by atoms with Crippen LogP contribution in [0.3, 0.4) is 0 Å². The number of thioether (sulfide) groups is 1. The van der Waals surface area contributed by atoms with Crippen molar-refractivity contribution in [3.8, 4) is 0 Å². The van der Waals surface area contributed by atoms with Crippen LogP contribution >= 0.6 is 11.8 Å². The van der Waals surface area contributed by atoms with Crippen molar-refractivity contribution in [1.82, 2.24) is 10.1 Å². The van der Waals surface area contributed by atoms with Crippen molar-refractivity contribution in [2.75, 3.05) is 6.61 Å². The van der Waals surface area contributed by atoms with Gasteiger partial charge in [-0.15, -0.1) is 11.8 Å². The Balaban J connectivity index is 1.81. The Bertz CT molecular complexity index is 502. The largest absolute Gasteiger partial charge is 0.396 e. The van der Waals surface area contributed by atoms with E-state index < -0.39 is 0 Å². The topological polar surface area (TPSA) is 59.2 Å². The molecule has 19 heavy (non-hydrogen) atoms. The van der Waals surface area contributed by atoms with E-state index in [1.807, 2.05) is 0 Å². The number of benzene rings is 1. The Hall–Kier alpha value is -1.40. The third-order valence-electron chi connectivity index (χ3n) is 2.49. The van der Waals surface area contributed by atoms with Crippen LogP contribution in [0.4, 0.5) is 4.39 Å². The highest BCUT2D eigenvalue weighted by Gasteiger charge is 2.06. The number of hydrogen-bond acceptors (Lipinski definition) is 5. The molecule has 0 saturated heterocycles. The van der Waals surface area contributed by atoms with Crippen LogP contribution in [0.1, 0.15) is 24.6 Å². The molecule has 2 aromatic rings. The lowest BCUT2D eigenvalue weighted by Crippen LogP contribution is -1.90. The summed E-state index contributed by atoms with van der Waals surface area (Å²) in [5.41, 5.74) is 0. The molecule has 0 aliphatic heterocycles. The summed E-state index contributed by atoms with van der Waals surface area (Å²) < 4.78 is 17.8. The minimum Gasteiger partial charge on any atom is -0.396 e. The van der Waals surface area contributed by atoms with E-state index in [9.17, 15) is 4.39 Å². The summed E-state index contributed by atoms with van der Waals surface area (Å²) in [7, 11) is 0. The second kappa shape index (κ2) is 7.25. The van der Waals surface area contributed by atoms with E-state index in [4.69, 9.17) is 9.63 Å². The first-order valence-electron chi connectivity index (χ1n) is 6.08. The molecule has 0 radical (unpaired) electrons. The highest BCUT2D eigenvalue weighted by atomic mass is 32.2. The molecule has 0 atom stereocenters. The molecule has 0 saturated carbocycles. The van der Waals surface area contributed by atoms with Crippen molar-refractivity contribution in [2.24, 2.45) is 0 Å². The number of aromatic nitrogens is 2. The van der Waals surface area contributed by atoms with Gasteiger partial charge in [-0.25, -0.2) is 4.39 Å². The van der Waals surface area contributed by atoms with Gasteiger partial charge in [-0.1, -0.05) is 5.16 Å². The number of hydrogen-bond donors (Lipinski definition) is 1. The predicted molar refractivity (Wildman–Crippen MR) is 70.3 cm³/mol. The van der Waals surface area contributed by atoms with E-state index >= 15 is 0 Å². The average molecular weight is 282 g/mol. The summed E-state index contributed by atoms with van der Waals surface area (Å²) in [5, 5.41) is 12.6. The summed E-state index contributed by atoms with van der Waals surface area (Å²) in [5.74, 6) is 1.58. The van der Waals surface area contributed by atoms with Crippen LogP contribution in [0, 0.1) is 5.82 Å². The molecule has 0 aliphatic rings. The minimum absolute atomic E-state index is 0.182. The van der Waals surface area contributed by atoms with Gasteiger partial charge >= 0.3 is 0 Å². The second-order valence-corrected chi connectivity index (χ2v) is 5.08. The molecule has 1 heterocycles. The van der Waals surface area contributed by atoms with Crippen molar-refractivity contribution in [1.29, 1.82) is 0 Å². The molecule has 0 unspecified atom stereocenters. The number of unbranched alkanes of at least 4 members (excludes halogenated alkanes) is 1. The molecule has 1 N–H and O–H groups in total. The van der Waals surface area contributed by atoms with Crippen LogP contribution in [0.25, 0.3) is 0 Å². The maximum absolute atomic E-state index is 12.7. The van der Waals surface area contributed by atoms with E-state index in [0.29, 0.717) is 23.9 Å². The zero-order valence-corrected chi connectivity index (χ0v) is 11.2. The van der Waals surface area contributed by atoms with Gasteiger partial charge in [0.05, 0.1) is 5.75 Å². The summed E-state index contributed by atoms with van der Waals surface area (Å²) in [6, 6.07) is 6.31. The van der Waals surface area contributed by atoms with Gasteiger partial charge in [0, 0.05) is 17.9 Å². The lowest BCUT2D eigenvalue weighted by Gasteiger charge is -1.97. The SMILES string of the molecule is OCCCCc1nc(CSc2ccc(F)cc2)no1. The standard InChI is InChI=1S/C13H15FN2O2S/c14-10-4-6-11(7-5-10)19-9-12-15-13(18-16-12)3-1-2-8-17/h4-7,17H,1-3,8-9H2. The highest BCUT2D eigenvalue weighted by Crippen LogP contribution is 2.21. The molecule has 2 rings (SSSR count). The molecule has 1 aromatic carbocycles. The van der Waals surface area contributed by atoms with Crippen LogP contribution in [-0.4, -0.2) is 21.9 Å². The fourth-order valence-electron chi connectivity index (χ4n) is 1.52. The minimum atomic E-state index is -0.241. The molecule has 0 amide bonds. The van der Waals surface area contributed by atoms with Gasteiger partial charge in [0.2, 0.25) is 5.89 Å². The Morgan fingerprint density at radius 2 is 2.00 bits per heavy atom. The molecule has 0 spiro atoms. The quantitative estimate of drug-likeness (QED) is 0.625. The summed E-state index contributed by atoms with van der Waals surface area (Å²) in [6.07, 6.45) is 2.26. The maximum atomic E-state index is 12.7. The van der Waals surface area contributed by atoms with Crippen LogP contribution in [0.5, 0.6) is 0 Å². The van der Waals surface area contributed by atoms with E-state index in [0.717, 1.165) is 17.7 Å². The number of halogens is 1. The first kappa shape index (κ1) is 14.0. The normalized spacial score (nSPS) is 10.8. The molecule has 4 nitrogen and oxygen atoms in total. The van der Waals surface area contributed by atoms with Crippen molar-refractivity contribution >= 4 is 11.8 Å². The van der Waals surface area contributed by atoms with Gasteiger partial charge < -0.3 is 9.63 Å². The van der Waals surface area contributed by atoms with E-state index in [-0.39, 0.29) is 12.4 Å². The molecule has 0 aliphatic carbocycles. The summed E-state index contributed by atoms with van der Waals surface area (Å²) >= 11 is 1.53. The van der Waals surface area contributed by atoms with E-state index in [2.05, 4.69) is 10.1 Å². The smallest absolute Gasteiger partial charge is 0.226 e. The molecule has 102 valence electrons. The number of aryl methyl sites for hydroxylation is 1. The van der Waals surface area contributed by atoms with Crippen molar-refractivity contribution in [3.63, 3.8) is 0 Å². The molecular formula is C13H15FN2O2S. The van der Waals surface area contributed by atoms with Crippen LogP contribution in [0.15, 0.2) is 33.7 Å². The van der Waals surface area contributed by atoms with Gasteiger partial charge in [-0.2, -0.15) is 4.98 Å². The van der Waals surface area contributed by atoms with Gasteiger partial charge in [-0.05, 0) is 37.1 Å². The third kappa shape index (κ3) is 4.65. The first-order chi connectivity index (χ1) is 9.28. The fraction of sp³-hybridized carbons (Fsp3) is 0.385. The Morgan fingerprint density at radius 3 is 2.74 bits per heavy atom. The highest BCUT2D eigenvalue weighted by molar-refractivity contribution is 7.98. The molecule has 0 bridgehead atoms. The van der Waals surface area contributed by atoms with Gasteiger partial charge in [0.1, 0.15) is 5.82 Å².